The summed E-state index contributed by atoms with van der Waals surface area (Å²) in [6, 6.07) is 3.87. The zero-order chi connectivity index (χ0) is 16.4. The van der Waals surface area contributed by atoms with E-state index in [1.807, 2.05) is 12.1 Å². The second-order valence-corrected chi connectivity index (χ2v) is 5.54. The van der Waals surface area contributed by atoms with Gasteiger partial charge in [0.25, 0.3) is 5.91 Å². The minimum Gasteiger partial charge on any atom is -0.495 e. The standard InChI is InChI=1S/C16H18N4O3/c1-9-18-7-13(15(17)21)16(20-9)23-8-10-5-12(10)14-4-3-11(22-2)6-19-14/h3-4,6-7,10,12H,5,8H2,1-2H3,(H2,17,21)/t10?,12-/m1/s1. The summed E-state index contributed by atoms with van der Waals surface area (Å²) in [6.45, 7) is 2.20. The second-order valence-electron chi connectivity index (χ2n) is 5.54. The highest BCUT2D eigenvalue weighted by atomic mass is 16.5. The third-order valence-electron chi connectivity index (χ3n) is 3.87. The first kappa shape index (κ1) is 15.2. The largest absolute Gasteiger partial charge is 0.495 e. The Hall–Kier alpha value is -2.70. The molecule has 2 N–H and O–H groups in total. The molecule has 0 aliphatic heterocycles. The number of carbonyl (C=O) groups excluding carboxylic acids is 1. The maximum atomic E-state index is 11.4. The number of nitrogens with two attached hydrogens (primary N) is 1. The van der Waals surface area contributed by atoms with E-state index in [1.54, 1.807) is 20.2 Å². The Bertz CT molecular complexity index is 718. The quantitative estimate of drug-likeness (QED) is 0.866. The molecule has 1 saturated carbocycles. The van der Waals surface area contributed by atoms with Crippen molar-refractivity contribution in [3.8, 4) is 11.6 Å². The summed E-state index contributed by atoms with van der Waals surface area (Å²) < 4.78 is 10.8. The highest BCUT2D eigenvalue weighted by Gasteiger charge is 2.40. The summed E-state index contributed by atoms with van der Waals surface area (Å²) in [7, 11) is 1.62. The molecule has 0 aromatic carbocycles. The van der Waals surface area contributed by atoms with Gasteiger partial charge in [0.2, 0.25) is 5.88 Å². The summed E-state index contributed by atoms with van der Waals surface area (Å²) in [4.78, 5) is 23.9. The zero-order valence-corrected chi connectivity index (χ0v) is 13.0. The van der Waals surface area contributed by atoms with E-state index in [2.05, 4.69) is 15.0 Å². The van der Waals surface area contributed by atoms with Crippen LogP contribution >= 0.6 is 0 Å². The van der Waals surface area contributed by atoms with Crippen molar-refractivity contribution in [3.05, 3.63) is 41.6 Å². The molecule has 3 rings (SSSR count). The van der Waals surface area contributed by atoms with Gasteiger partial charge in [0, 0.05) is 23.7 Å². The SMILES string of the molecule is COc1ccc([C@@H]2CC2COc2nc(C)ncc2C(N)=O)nc1. The molecule has 7 nitrogen and oxygen atoms in total. The maximum Gasteiger partial charge on any atom is 0.255 e. The molecule has 0 bridgehead atoms. The number of aryl methyl sites for hydroxylation is 1. The average molecular weight is 314 g/mol. The molecule has 7 heteroatoms. The normalized spacial score (nSPS) is 19.2. The van der Waals surface area contributed by atoms with Crippen molar-refractivity contribution in [2.45, 2.75) is 19.3 Å². The predicted octanol–water partition coefficient (Wildman–Crippen LogP) is 1.47. The van der Waals surface area contributed by atoms with E-state index < -0.39 is 5.91 Å². The van der Waals surface area contributed by atoms with E-state index in [0.717, 1.165) is 17.9 Å². The van der Waals surface area contributed by atoms with Crippen molar-refractivity contribution in [1.82, 2.24) is 15.0 Å². The molecule has 2 aromatic rings. The first-order valence-corrected chi connectivity index (χ1v) is 7.34. The van der Waals surface area contributed by atoms with Gasteiger partial charge in [-0.3, -0.25) is 9.78 Å². The number of amides is 1. The lowest BCUT2D eigenvalue weighted by atomic mass is 10.2. The lowest BCUT2D eigenvalue weighted by Crippen LogP contribution is -2.16. The van der Waals surface area contributed by atoms with Crippen LogP contribution in [0.15, 0.2) is 24.5 Å². The number of aromatic nitrogens is 3. The fourth-order valence-corrected chi connectivity index (χ4v) is 2.44. The van der Waals surface area contributed by atoms with Crippen LogP contribution in [-0.2, 0) is 0 Å². The van der Waals surface area contributed by atoms with Gasteiger partial charge in [-0.15, -0.1) is 0 Å². The highest BCUT2D eigenvalue weighted by molar-refractivity contribution is 5.94. The second kappa shape index (κ2) is 6.20. The molecule has 1 unspecified atom stereocenters. The number of pyridine rings is 1. The molecule has 2 atom stereocenters. The topological polar surface area (TPSA) is 100 Å². The van der Waals surface area contributed by atoms with Crippen molar-refractivity contribution in [2.75, 3.05) is 13.7 Å². The van der Waals surface area contributed by atoms with Crippen LogP contribution in [-0.4, -0.2) is 34.6 Å². The van der Waals surface area contributed by atoms with Crippen LogP contribution in [0.5, 0.6) is 11.6 Å². The number of ether oxygens (including phenoxy) is 2. The van der Waals surface area contributed by atoms with E-state index in [4.69, 9.17) is 15.2 Å². The maximum absolute atomic E-state index is 11.4. The van der Waals surface area contributed by atoms with E-state index in [0.29, 0.717) is 24.3 Å². The summed E-state index contributed by atoms with van der Waals surface area (Å²) in [6.07, 6.45) is 4.11. The monoisotopic (exact) mass is 314 g/mol. The van der Waals surface area contributed by atoms with Gasteiger partial charge in [-0.2, -0.15) is 4.98 Å². The van der Waals surface area contributed by atoms with Crippen LogP contribution in [0, 0.1) is 12.8 Å². The first-order valence-electron chi connectivity index (χ1n) is 7.34. The Morgan fingerprint density at radius 1 is 1.35 bits per heavy atom. The molecule has 1 aliphatic rings. The third-order valence-corrected chi connectivity index (χ3v) is 3.87. The van der Waals surface area contributed by atoms with Crippen LogP contribution in [0.1, 0.15) is 34.2 Å². The van der Waals surface area contributed by atoms with Crippen LogP contribution in [0.4, 0.5) is 0 Å². The number of rotatable bonds is 6. The molecule has 2 aromatic heterocycles. The number of primary amides is 1. The van der Waals surface area contributed by atoms with Crippen LogP contribution in [0.2, 0.25) is 0 Å². The fraction of sp³-hybridized carbons (Fsp3) is 0.375. The zero-order valence-electron chi connectivity index (χ0n) is 13.0. The minimum absolute atomic E-state index is 0.204. The highest BCUT2D eigenvalue weighted by Crippen LogP contribution is 2.46. The van der Waals surface area contributed by atoms with Gasteiger partial charge in [0.1, 0.15) is 17.1 Å². The van der Waals surface area contributed by atoms with Crippen molar-refractivity contribution in [1.29, 1.82) is 0 Å². The lowest BCUT2D eigenvalue weighted by molar-refractivity contribution is 0.0994. The van der Waals surface area contributed by atoms with Gasteiger partial charge < -0.3 is 15.2 Å². The fourth-order valence-electron chi connectivity index (χ4n) is 2.44. The van der Waals surface area contributed by atoms with Crippen LogP contribution in [0.3, 0.4) is 0 Å². The van der Waals surface area contributed by atoms with Crippen molar-refractivity contribution in [2.24, 2.45) is 11.7 Å². The van der Waals surface area contributed by atoms with E-state index in [-0.39, 0.29) is 11.4 Å². The number of hydrogen-bond donors (Lipinski definition) is 1. The van der Waals surface area contributed by atoms with Crippen molar-refractivity contribution >= 4 is 5.91 Å². The summed E-state index contributed by atoms with van der Waals surface area (Å²) in [5.74, 6) is 1.65. The molecule has 0 radical (unpaired) electrons. The number of hydrogen-bond acceptors (Lipinski definition) is 6. The van der Waals surface area contributed by atoms with Gasteiger partial charge in [0.05, 0.1) is 19.9 Å². The molecule has 1 amide bonds. The third kappa shape index (κ3) is 3.39. The molecule has 0 spiro atoms. The van der Waals surface area contributed by atoms with Crippen LogP contribution < -0.4 is 15.2 Å². The number of nitrogens with zero attached hydrogens (tertiary/aromatic N) is 3. The molecule has 0 saturated heterocycles. The summed E-state index contributed by atoms with van der Waals surface area (Å²) >= 11 is 0. The van der Waals surface area contributed by atoms with Gasteiger partial charge in [0.15, 0.2) is 0 Å². The summed E-state index contributed by atoms with van der Waals surface area (Å²) in [5.41, 5.74) is 6.54. The Labute approximate surface area is 133 Å². The van der Waals surface area contributed by atoms with Gasteiger partial charge in [-0.1, -0.05) is 0 Å². The molecule has 120 valence electrons. The molecular formula is C16H18N4O3. The van der Waals surface area contributed by atoms with Gasteiger partial charge >= 0.3 is 0 Å². The van der Waals surface area contributed by atoms with Gasteiger partial charge in [-0.05, 0) is 25.5 Å². The predicted molar refractivity (Wildman–Crippen MR) is 82.4 cm³/mol. The smallest absolute Gasteiger partial charge is 0.255 e. The Morgan fingerprint density at radius 2 is 2.17 bits per heavy atom. The number of carbonyl (C=O) groups is 1. The average Bonchev–Trinajstić information content (AvgIpc) is 3.32. The van der Waals surface area contributed by atoms with E-state index in [1.165, 1.54) is 6.20 Å². The summed E-state index contributed by atoms with van der Waals surface area (Å²) in [5, 5.41) is 0. The molecule has 2 heterocycles. The minimum atomic E-state index is -0.593. The Balaban J connectivity index is 1.62. The van der Waals surface area contributed by atoms with Crippen molar-refractivity contribution < 1.29 is 14.3 Å². The van der Waals surface area contributed by atoms with E-state index in [9.17, 15) is 4.79 Å². The molecular weight excluding hydrogens is 296 g/mol. The number of methoxy groups -OCH3 is 1. The Kier molecular flexibility index (Phi) is 4.10. The molecule has 1 fully saturated rings. The lowest BCUT2D eigenvalue weighted by Gasteiger charge is -2.08. The molecule has 1 aliphatic carbocycles. The van der Waals surface area contributed by atoms with Crippen LogP contribution in [0.25, 0.3) is 0 Å². The first-order chi connectivity index (χ1) is 11.1. The molecule has 23 heavy (non-hydrogen) atoms. The van der Waals surface area contributed by atoms with Gasteiger partial charge in [-0.25, -0.2) is 4.98 Å². The Morgan fingerprint density at radius 3 is 2.83 bits per heavy atom. The van der Waals surface area contributed by atoms with E-state index >= 15 is 0 Å². The van der Waals surface area contributed by atoms with Crippen molar-refractivity contribution in [3.63, 3.8) is 0 Å².